The highest BCUT2D eigenvalue weighted by atomic mass is 32.1. The fourth-order valence-electron chi connectivity index (χ4n) is 3.13. The number of aromatic nitrogens is 3. The molecule has 4 rings (SSSR count). The zero-order chi connectivity index (χ0) is 22.2. The molecule has 1 aromatic carbocycles. The van der Waals surface area contributed by atoms with E-state index in [1.807, 2.05) is 50.6 Å². The Morgan fingerprint density at radius 3 is 2.29 bits per heavy atom. The molecule has 0 atom stereocenters. The number of fused-ring (bicyclic) bond motifs is 1. The number of nitrogens with zero attached hydrogens (tertiary/aromatic N) is 3. The molecule has 8 heteroatoms. The summed E-state index contributed by atoms with van der Waals surface area (Å²) in [6.07, 6.45) is 5.06. The van der Waals surface area contributed by atoms with E-state index in [-0.39, 0.29) is 17.4 Å². The Morgan fingerprint density at radius 1 is 0.968 bits per heavy atom. The zero-order valence-electron chi connectivity index (χ0n) is 17.8. The number of pyridine rings is 1. The van der Waals surface area contributed by atoms with Gasteiger partial charge in [-0.05, 0) is 52.0 Å². The molecule has 0 saturated carbocycles. The van der Waals surface area contributed by atoms with Crippen molar-refractivity contribution >= 4 is 44.3 Å². The van der Waals surface area contributed by atoms with Gasteiger partial charge in [0.25, 0.3) is 11.8 Å². The van der Waals surface area contributed by atoms with Crippen molar-refractivity contribution in [2.24, 2.45) is 0 Å². The number of hydrogen-bond acceptors (Lipinski definition) is 5. The number of carbonyl (C=O) groups excluding carboxylic acids is 2. The molecule has 0 saturated heterocycles. The van der Waals surface area contributed by atoms with E-state index in [1.165, 1.54) is 11.3 Å². The molecular formula is C23H23N5O2S. The molecule has 0 aliphatic rings. The predicted molar refractivity (Wildman–Crippen MR) is 124 cm³/mol. The summed E-state index contributed by atoms with van der Waals surface area (Å²) in [5, 5.41) is 6.21. The van der Waals surface area contributed by atoms with Crippen LogP contribution < -0.4 is 10.6 Å². The van der Waals surface area contributed by atoms with Crippen molar-refractivity contribution in [2.75, 3.05) is 10.6 Å². The molecule has 7 nitrogen and oxygen atoms in total. The first-order valence-electron chi connectivity index (χ1n) is 9.84. The van der Waals surface area contributed by atoms with Crippen molar-refractivity contribution in [3.8, 4) is 0 Å². The van der Waals surface area contributed by atoms with Gasteiger partial charge < -0.3 is 9.88 Å². The van der Waals surface area contributed by atoms with Gasteiger partial charge in [-0.2, -0.15) is 0 Å². The number of hydrogen-bond donors (Lipinski definition) is 2. The topological polar surface area (TPSA) is 88.9 Å². The van der Waals surface area contributed by atoms with Crippen LogP contribution in [-0.4, -0.2) is 26.3 Å². The van der Waals surface area contributed by atoms with Gasteiger partial charge in [0.1, 0.15) is 0 Å². The minimum absolute atomic E-state index is 0.235. The lowest BCUT2D eigenvalue weighted by Crippen LogP contribution is -2.21. The second-order valence-electron chi connectivity index (χ2n) is 8.27. The third kappa shape index (κ3) is 4.34. The van der Waals surface area contributed by atoms with E-state index in [9.17, 15) is 9.59 Å². The summed E-state index contributed by atoms with van der Waals surface area (Å²) in [5.74, 6) is -0.472. The number of nitrogens with one attached hydrogen (secondary N) is 2. The van der Waals surface area contributed by atoms with Crippen LogP contribution in [0.15, 0.2) is 55.0 Å². The van der Waals surface area contributed by atoms with Gasteiger partial charge in [0, 0.05) is 35.4 Å². The summed E-state index contributed by atoms with van der Waals surface area (Å²) in [6, 6.07) is 10.8. The molecule has 3 aromatic heterocycles. The van der Waals surface area contributed by atoms with Crippen LogP contribution in [0.3, 0.4) is 0 Å². The third-order valence-electron chi connectivity index (χ3n) is 4.78. The van der Waals surface area contributed by atoms with Crippen molar-refractivity contribution < 1.29 is 9.59 Å². The maximum atomic E-state index is 13.0. The second-order valence-corrected chi connectivity index (χ2v) is 9.26. The molecule has 0 aliphatic heterocycles. The van der Waals surface area contributed by atoms with Crippen LogP contribution >= 0.6 is 11.3 Å². The Hall–Kier alpha value is -3.52. The highest BCUT2D eigenvalue weighted by molar-refractivity contribution is 7.22. The van der Waals surface area contributed by atoms with Gasteiger partial charge in [-0.1, -0.05) is 29.0 Å². The Kier molecular flexibility index (Phi) is 5.32. The van der Waals surface area contributed by atoms with E-state index in [0.717, 1.165) is 10.3 Å². The van der Waals surface area contributed by atoms with Crippen LogP contribution in [0.4, 0.5) is 10.8 Å². The number of amides is 2. The number of anilines is 2. The Morgan fingerprint density at radius 2 is 1.65 bits per heavy atom. The van der Waals surface area contributed by atoms with Gasteiger partial charge in [-0.15, -0.1) is 0 Å². The molecule has 3 heterocycles. The van der Waals surface area contributed by atoms with Crippen molar-refractivity contribution in [1.82, 2.24) is 14.5 Å². The lowest BCUT2D eigenvalue weighted by atomic mass is 10.1. The normalized spacial score (nSPS) is 11.5. The molecule has 4 aromatic rings. The van der Waals surface area contributed by atoms with Crippen LogP contribution in [0, 0.1) is 6.92 Å². The standard InChI is InChI=1S/C23H23N5O2S/c1-14-5-7-15(8-6-14)20(29)27-22-26-19-18(31-22)17(13-28(19)23(2,3)4)21(30)25-16-9-11-24-12-10-16/h5-13H,1-4H3,(H,24,25,30)(H,26,27,29). The average Bonchev–Trinajstić information content (AvgIpc) is 3.27. The highest BCUT2D eigenvalue weighted by Gasteiger charge is 2.25. The quantitative estimate of drug-likeness (QED) is 0.471. The molecule has 0 fully saturated rings. The van der Waals surface area contributed by atoms with Gasteiger partial charge in [0.2, 0.25) is 0 Å². The van der Waals surface area contributed by atoms with E-state index in [1.54, 1.807) is 36.7 Å². The Bertz CT molecular complexity index is 1250. The molecule has 0 aliphatic carbocycles. The fourth-order valence-corrected chi connectivity index (χ4v) is 4.09. The van der Waals surface area contributed by atoms with Crippen molar-refractivity contribution in [2.45, 2.75) is 33.2 Å². The first-order chi connectivity index (χ1) is 14.7. The molecular weight excluding hydrogens is 410 g/mol. The lowest BCUT2D eigenvalue weighted by molar-refractivity contribution is 0.101. The van der Waals surface area contributed by atoms with Gasteiger partial charge in [-0.25, -0.2) is 4.98 Å². The minimum atomic E-state index is -0.292. The molecule has 0 spiro atoms. The smallest absolute Gasteiger partial charge is 0.258 e. The second kappa shape index (κ2) is 7.96. The molecule has 0 unspecified atom stereocenters. The van der Waals surface area contributed by atoms with Crippen LogP contribution in [0.2, 0.25) is 0 Å². The van der Waals surface area contributed by atoms with E-state index in [2.05, 4.69) is 20.6 Å². The van der Waals surface area contributed by atoms with Crippen LogP contribution in [0.1, 0.15) is 47.1 Å². The summed E-state index contributed by atoms with van der Waals surface area (Å²) in [7, 11) is 0. The molecule has 158 valence electrons. The molecule has 0 bridgehead atoms. The van der Waals surface area contributed by atoms with Gasteiger partial charge in [-0.3, -0.25) is 19.9 Å². The number of carbonyl (C=O) groups is 2. The summed E-state index contributed by atoms with van der Waals surface area (Å²) in [5.41, 5.74) is 3.18. The minimum Gasteiger partial charge on any atom is -0.326 e. The SMILES string of the molecule is Cc1ccc(C(=O)Nc2nc3c(s2)c(C(=O)Nc2ccncc2)cn3C(C)(C)C)cc1. The first kappa shape index (κ1) is 20.7. The largest absolute Gasteiger partial charge is 0.326 e. The van der Waals surface area contributed by atoms with Crippen molar-refractivity contribution in [3.63, 3.8) is 0 Å². The molecule has 2 amide bonds. The monoisotopic (exact) mass is 433 g/mol. The number of aryl methyl sites for hydroxylation is 1. The fraction of sp³-hybridized carbons (Fsp3) is 0.217. The predicted octanol–water partition coefficient (Wildman–Crippen LogP) is 5.06. The zero-order valence-corrected chi connectivity index (χ0v) is 18.6. The van der Waals surface area contributed by atoms with Crippen LogP contribution in [-0.2, 0) is 5.54 Å². The van der Waals surface area contributed by atoms with Crippen LogP contribution in [0.25, 0.3) is 10.3 Å². The van der Waals surface area contributed by atoms with E-state index in [4.69, 9.17) is 0 Å². The summed E-state index contributed by atoms with van der Waals surface area (Å²) in [6.45, 7) is 8.10. The highest BCUT2D eigenvalue weighted by Crippen LogP contribution is 2.34. The van der Waals surface area contributed by atoms with Crippen LogP contribution in [0.5, 0.6) is 0 Å². The van der Waals surface area contributed by atoms with E-state index < -0.39 is 0 Å². The van der Waals surface area contributed by atoms with Gasteiger partial charge in [0.05, 0.1) is 10.3 Å². The van der Waals surface area contributed by atoms with E-state index >= 15 is 0 Å². The summed E-state index contributed by atoms with van der Waals surface area (Å²) >= 11 is 1.29. The molecule has 2 N–H and O–H groups in total. The van der Waals surface area contributed by atoms with Gasteiger partial charge >= 0.3 is 0 Å². The third-order valence-corrected chi connectivity index (χ3v) is 5.77. The first-order valence-corrected chi connectivity index (χ1v) is 10.7. The van der Waals surface area contributed by atoms with Crippen molar-refractivity contribution in [1.29, 1.82) is 0 Å². The number of benzene rings is 1. The molecule has 0 radical (unpaired) electrons. The average molecular weight is 434 g/mol. The maximum absolute atomic E-state index is 13.0. The van der Waals surface area contributed by atoms with Gasteiger partial charge in [0.15, 0.2) is 10.8 Å². The Labute approximate surface area is 184 Å². The summed E-state index contributed by atoms with van der Waals surface area (Å²) in [4.78, 5) is 34.2. The maximum Gasteiger partial charge on any atom is 0.258 e. The number of thiazole rings is 1. The van der Waals surface area contributed by atoms with E-state index in [0.29, 0.717) is 27.6 Å². The molecule has 31 heavy (non-hydrogen) atoms. The Balaban J connectivity index is 1.69. The summed E-state index contributed by atoms with van der Waals surface area (Å²) < 4.78 is 2.68. The number of rotatable bonds is 4. The lowest BCUT2D eigenvalue weighted by Gasteiger charge is -2.21. The van der Waals surface area contributed by atoms with Crippen molar-refractivity contribution in [3.05, 3.63) is 71.7 Å².